The number of aliphatic hydroxyl groups excluding tert-OH is 1. The average Bonchev–Trinajstić information content (AvgIpc) is 3.43. The van der Waals surface area contributed by atoms with Crippen LogP contribution in [-0.4, -0.2) is 40.4 Å². The Kier molecular flexibility index (Phi) is 6.23. The van der Waals surface area contributed by atoms with Crippen molar-refractivity contribution in [3.05, 3.63) is 87.6 Å². The van der Waals surface area contributed by atoms with Crippen molar-refractivity contribution in [1.29, 1.82) is 0 Å². The summed E-state index contributed by atoms with van der Waals surface area (Å²) in [5.41, 5.74) is 1.46. The van der Waals surface area contributed by atoms with Crippen LogP contribution in [0.2, 0.25) is 0 Å². The zero-order chi connectivity index (χ0) is 22.7. The summed E-state index contributed by atoms with van der Waals surface area (Å²) >= 11 is 1.26. The van der Waals surface area contributed by atoms with Crippen LogP contribution in [0.4, 0.5) is 0 Å². The monoisotopic (exact) mass is 450 g/mol. The van der Waals surface area contributed by atoms with E-state index in [0.717, 1.165) is 5.56 Å². The summed E-state index contributed by atoms with van der Waals surface area (Å²) in [7, 11) is 1.53. The van der Waals surface area contributed by atoms with Crippen molar-refractivity contribution < 1.29 is 24.2 Å². The second-order valence-corrected chi connectivity index (χ2v) is 8.06. The van der Waals surface area contributed by atoms with Gasteiger partial charge in [0.15, 0.2) is 17.3 Å². The van der Waals surface area contributed by atoms with Gasteiger partial charge in [0.05, 0.1) is 30.2 Å². The molecular formula is C24H22N2O5S. The molecule has 8 heteroatoms. The van der Waals surface area contributed by atoms with Crippen LogP contribution in [0.5, 0.6) is 11.5 Å². The number of hydrogen-bond acceptors (Lipinski definition) is 7. The van der Waals surface area contributed by atoms with Crippen LogP contribution in [0, 0.1) is 0 Å². The maximum Gasteiger partial charge on any atom is 0.290 e. The Hall–Kier alpha value is -3.65. The van der Waals surface area contributed by atoms with Crippen LogP contribution < -0.4 is 9.47 Å². The van der Waals surface area contributed by atoms with Gasteiger partial charge in [-0.05, 0) is 47.7 Å². The third kappa shape index (κ3) is 3.97. The molecule has 1 aliphatic rings. The van der Waals surface area contributed by atoms with E-state index in [4.69, 9.17) is 9.47 Å². The predicted octanol–water partition coefficient (Wildman–Crippen LogP) is 4.33. The number of benzene rings is 1. The number of aromatic nitrogens is 1. The summed E-state index contributed by atoms with van der Waals surface area (Å²) in [6.07, 6.45) is 3.30. The minimum atomic E-state index is -0.790. The number of aliphatic hydroxyl groups is 1. The molecule has 3 heterocycles. The molecule has 0 saturated heterocycles. The van der Waals surface area contributed by atoms with Gasteiger partial charge in [-0.2, -0.15) is 0 Å². The Morgan fingerprint density at radius 3 is 2.72 bits per heavy atom. The summed E-state index contributed by atoms with van der Waals surface area (Å²) in [5.74, 6) is -0.484. The fourth-order valence-corrected chi connectivity index (χ4v) is 4.43. The van der Waals surface area contributed by atoms with E-state index in [2.05, 4.69) is 4.98 Å². The van der Waals surface area contributed by atoms with E-state index in [1.807, 2.05) is 13.0 Å². The maximum absolute atomic E-state index is 13.3. The molecule has 3 aromatic rings. The van der Waals surface area contributed by atoms with E-state index >= 15 is 0 Å². The normalized spacial score (nSPS) is 15.9. The average molecular weight is 451 g/mol. The molecule has 0 saturated carbocycles. The summed E-state index contributed by atoms with van der Waals surface area (Å²) in [4.78, 5) is 32.4. The molecule has 0 spiro atoms. The van der Waals surface area contributed by atoms with Crippen LogP contribution >= 0.6 is 11.3 Å². The summed E-state index contributed by atoms with van der Waals surface area (Å²) in [6, 6.07) is 11.5. The second-order valence-electron chi connectivity index (χ2n) is 7.11. The van der Waals surface area contributed by atoms with E-state index in [9.17, 15) is 14.7 Å². The first-order valence-corrected chi connectivity index (χ1v) is 10.9. The van der Waals surface area contributed by atoms with Gasteiger partial charge in [0, 0.05) is 18.9 Å². The fraction of sp³-hybridized carbons (Fsp3) is 0.208. The Bertz CT molecular complexity index is 1160. The van der Waals surface area contributed by atoms with Gasteiger partial charge in [-0.3, -0.25) is 14.6 Å². The highest BCUT2D eigenvalue weighted by Crippen LogP contribution is 2.42. The molecule has 0 fully saturated rings. The molecule has 4 rings (SSSR count). The topological polar surface area (TPSA) is 89.0 Å². The Balaban J connectivity index is 1.81. The first-order chi connectivity index (χ1) is 15.5. The maximum atomic E-state index is 13.3. The number of hydrogen-bond donors (Lipinski definition) is 1. The number of nitrogens with zero attached hydrogens (tertiary/aromatic N) is 2. The number of ether oxygens (including phenoxy) is 2. The fourth-order valence-electron chi connectivity index (χ4n) is 3.75. The zero-order valence-electron chi connectivity index (χ0n) is 17.6. The number of methoxy groups -OCH3 is 1. The largest absolute Gasteiger partial charge is 0.503 e. The number of rotatable bonds is 8. The second kappa shape index (κ2) is 9.23. The standard InChI is InChI=1S/C24H22N2O5S/c1-3-31-17-9-8-16(12-18(17)30-2)21-20(22(27)19-7-5-11-32-19)23(28)24(29)26(21)14-15-6-4-10-25-13-15/h4-13,21,28H,3,14H2,1-2H3/t21-/m0/s1. The van der Waals surface area contributed by atoms with Gasteiger partial charge < -0.3 is 19.5 Å². The molecule has 1 aromatic carbocycles. The van der Waals surface area contributed by atoms with E-state index in [1.165, 1.54) is 23.3 Å². The van der Waals surface area contributed by atoms with Gasteiger partial charge >= 0.3 is 0 Å². The molecule has 1 aliphatic heterocycles. The van der Waals surface area contributed by atoms with Crippen LogP contribution in [0.15, 0.2) is 71.6 Å². The number of pyridine rings is 1. The van der Waals surface area contributed by atoms with Crippen molar-refractivity contribution in [2.24, 2.45) is 0 Å². The lowest BCUT2D eigenvalue weighted by Crippen LogP contribution is -2.30. The molecule has 1 N–H and O–H groups in total. The molecule has 32 heavy (non-hydrogen) atoms. The van der Waals surface area contributed by atoms with Crippen molar-refractivity contribution in [2.75, 3.05) is 13.7 Å². The van der Waals surface area contributed by atoms with Crippen LogP contribution in [0.25, 0.3) is 0 Å². The molecule has 164 valence electrons. The molecule has 0 bridgehead atoms. The number of Topliss-reactive ketones (excluding diaryl/α,β-unsaturated/α-hetero) is 1. The lowest BCUT2D eigenvalue weighted by atomic mass is 9.95. The highest BCUT2D eigenvalue weighted by atomic mass is 32.1. The molecule has 7 nitrogen and oxygen atoms in total. The highest BCUT2D eigenvalue weighted by Gasteiger charge is 2.44. The number of carbonyl (C=O) groups excluding carboxylic acids is 2. The molecule has 0 radical (unpaired) electrons. The molecular weight excluding hydrogens is 428 g/mol. The zero-order valence-corrected chi connectivity index (χ0v) is 18.5. The third-order valence-electron chi connectivity index (χ3n) is 5.17. The number of amides is 1. The van der Waals surface area contributed by atoms with Crippen molar-refractivity contribution in [3.8, 4) is 11.5 Å². The molecule has 1 atom stereocenters. The van der Waals surface area contributed by atoms with Crippen molar-refractivity contribution in [1.82, 2.24) is 9.88 Å². The van der Waals surface area contributed by atoms with Gasteiger partial charge in [-0.1, -0.05) is 18.2 Å². The summed E-state index contributed by atoms with van der Waals surface area (Å²) < 4.78 is 11.1. The number of thiophene rings is 1. The van der Waals surface area contributed by atoms with Gasteiger partial charge in [0.2, 0.25) is 5.78 Å². The van der Waals surface area contributed by atoms with Crippen molar-refractivity contribution in [3.63, 3.8) is 0 Å². The number of ketones is 1. The van der Waals surface area contributed by atoms with E-state index in [0.29, 0.717) is 28.5 Å². The van der Waals surface area contributed by atoms with Gasteiger partial charge in [0.25, 0.3) is 5.91 Å². The van der Waals surface area contributed by atoms with Crippen LogP contribution in [-0.2, 0) is 11.3 Å². The summed E-state index contributed by atoms with van der Waals surface area (Å²) in [5, 5.41) is 12.6. The lowest BCUT2D eigenvalue weighted by Gasteiger charge is -2.27. The van der Waals surface area contributed by atoms with E-state index < -0.39 is 17.7 Å². The Morgan fingerprint density at radius 1 is 1.22 bits per heavy atom. The molecule has 0 unspecified atom stereocenters. The van der Waals surface area contributed by atoms with E-state index in [-0.39, 0.29) is 17.9 Å². The Morgan fingerprint density at radius 2 is 2.06 bits per heavy atom. The van der Waals surface area contributed by atoms with Crippen LogP contribution in [0.3, 0.4) is 0 Å². The highest BCUT2D eigenvalue weighted by molar-refractivity contribution is 7.12. The Labute approximate surface area is 189 Å². The number of carbonyl (C=O) groups is 2. The van der Waals surface area contributed by atoms with Crippen molar-refractivity contribution in [2.45, 2.75) is 19.5 Å². The quantitative estimate of drug-likeness (QED) is 0.514. The van der Waals surface area contributed by atoms with Crippen molar-refractivity contribution >= 4 is 23.0 Å². The van der Waals surface area contributed by atoms with Crippen LogP contribution in [0.1, 0.15) is 33.8 Å². The van der Waals surface area contributed by atoms with Gasteiger partial charge in [-0.15, -0.1) is 11.3 Å². The van der Waals surface area contributed by atoms with Gasteiger partial charge in [-0.25, -0.2) is 0 Å². The first-order valence-electron chi connectivity index (χ1n) is 10.1. The molecule has 0 aliphatic carbocycles. The minimum Gasteiger partial charge on any atom is -0.503 e. The lowest BCUT2D eigenvalue weighted by molar-refractivity contribution is -0.130. The summed E-state index contributed by atoms with van der Waals surface area (Å²) in [6.45, 7) is 2.52. The minimum absolute atomic E-state index is 0.0487. The smallest absolute Gasteiger partial charge is 0.290 e. The molecule has 2 aromatic heterocycles. The van der Waals surface area contributed by atoms with Gasteiger partial charge in [0.1, 0.15) is 0 Å². The predicted molar refractivity (Wildman–Crippen MR) is 120 cm³/mol. The first kappa shape index (κ1) is 21.6. The SMILES string of the molecule is CCOc1ccc([C@H]2C(C(=O)c3cccs3)=C(O)C(=O)N2Cc2cccnc2)cc1OC. The van der Waals surface area contributed by atoms with E-state index in [1.54, 1.807) is 54.2 Å². The third-order valence-corrected chi connectivity index (χ3v) is 6.04. The molecule has 1 amide bonds.